The third-order valence-corrected chi connectivity index (χ3v) is 9.17. The highest BCUT2D eigenvalue weighted by Crippen LogP contribution is 2.47. The normalized spacial score (nSPS) is 16.8. The molecule has 0 saturated carbocycles. The number of nitrogens with zero attached hydrogens (tertiary/aromatic N) is 2. The molecular formula is C41H41N2O4+. The molecular weight excluding hydrogens is 584 g/mol. The van der Waals surface area contributed by atoms with Crippen LogP contribution in [0.1, 0.15) is 49.9 Å². The first-order valence-electron chi connectivity index (χ1n) is 16.1. The van der Waals surface area contributed by atoms with E-state index in [1.807, 2.05) is 91.0 Å². The maximum Gasteiger partial charge on any atom is 0.373 e. The lowest BCUT2D eigenvalue weighted by Crippen LogP contribution is -2.32. The summed E-state index contributed by atoms with van der Waals surface area (Å²) in [5, 5.41) is 0. The maximum atomic E-state index is 13.2. The summed E-state index contributed by atoms with van der Waals surface area (Å²) in [6.07, 6.45) is 6.21. The summed E-state index contributed by atoms with van der Waals surface area (Å²) in [4.78, 5) is 28.4. The Kier molecular flexibility index (Phi) is 8.95. The number of carbonyl (C=O) groups excluding carboxylic acids is 2. The summed E-state index contributed by atoms with van der Waals surface area (Å²) in [6, 6.07) is 35.9. The highest BCUT2D eigenvalue weighted by molar-refractivity contribution is 6.03. The van der Waals surface area contributed by atoms with E-state index in [0.717, 1.165) is 45.0 Å². The van der Waals surface area contributed by atoms with Gasteiger partial charge >= 0.3 is 11.9 Å². The van der Waals surface area contributed by atoms with Crippen molar-refractivity contribution in [1.29, 1.82) is 0 Å². The van der Waals surface area contributed by atoms with Crippen LogP contribution in [-0.2, 0) is 43.1 Å². The summed E-state index contributed by atoms with van der Waals surface area (Å²) >= 11 is 0. The summed E-state index contributed by atoms with van der Waals surface area (Å²) in [5.74, 6) is -0.587. The van der Waals surface area contributed by atoms with Gasteiger partial charge in [-0.15, -0.1) is 0 Å². The summed E-state index contributed by atoms with van der Waals surface area (Å²) in [5.41, 5.74) is 7.50. The zero-order valence-electron chi connectivity index (χ0n) is 27.5. The van der Waals surface area contributed by atoms with Gasteiger partial charge in [-0.05, 0) is 42.7 Å². The van der Waals surface area contributed by atoms with Crippen molar-refractivity contribution in [2.75, 3.05) is 18.0 Å². The Morgan fingerprint density at radius 2 is 1.23 bits per heavy atom. The number of ether oxygens (including phenoxy) is 2. The molecule has 0 aliphatic carbocycles. The Balaban J connectivity index is 1.28. The molecule has 0 atom stereocenters. The monoisotopic (exact) mass is 625 g/mol. The van der Waals surface area contributed by atoms with Crippen LogP contribution in [0.15, 0.2) is 133 Å². The van der Waals surface area contributed by atoms with Gasteiger partial charge in [0.25, 0.3) is 0 Å². The number of carbonyl (C=O) groups is 2. The van der Waals surface area contributed by atoms with E-state index in [2.05, 4.69) is 73.6 Å². The standard InChI is InChI=1S/C41H41N2O4/c1-40(2)32-20-11-13-22-34(32)42(26-38(44)46-28-30-16-7-5-8-17-30)36(40)24-15-25-37-41(3,4)33-21-12-14-23-35(33)43(37)27-39(45)47-29-31-18-9-6-10-19-31/h5-25H,26-29H2,1-4H3/q+1. The lowest BCUT2D eigenvalue weighted by atomic mass is 9.81. The fourth-order valence-electron chi connectivity index (χ4n) is 6.68. The molecule has 0 amide bonds. The number of anilines is 1. The van der Waals surface area contributed by atoms with Crippen LogP contribution in [0.5, 0.6) is 0 Å². The number of fused-ring (bicyclic) bond motifs is 2. The molecule has 47 heavy (non-hydrogen) atoms. The van der Waals surface area contributed by atoms with Crippen molar-refractivity contribution in [3.63, 3.8) is 0 Å². The smallest absolute Gasteiger partial charge is 0.373 e. The van der Waals surface area contributed by atoms with Crippen LogP contribution in [0.4, 0.5) is 11.4 Å². The molecule has 6 rings (SSSR count). The first-order valence-corrected chi connectivity index (χ1v) is 16.1. The highest BCUT2D eigenvalue weighted by Gasteiger charge is 2.45. The molecule has 0 unspecified atom stereocenters. The SMILES string of the molecule is CC1(C)C(=CC=CC2=[N+](CC(=O)OCc3ccccc3)c3ccccc3C2(C)C)N(CC(=O)OCc2ccccc2)c2ccccc21. The Labute approximate surface area is 277 Å². The third-order valence-electron chi connectivity index (χ3n) is 9.17. The largest absolute Gasteiger partial charge is 0.459 e. The molecule has 0 bridgehead atoms. The minimum absolute atomic E-state index is 0.0971. The topological polar surface area (TPSA) is 58.8 Å². The molecule has 0 spiro atoms. The minimum Gasteiger partial charge on any atom is -0.459 e. The molecule has 4 aromatic carbocycles. The van der Waals surface area contributed by atoms with Crippen LogP contribution in [0.2, 0.25) is 0 Å². The van der Waals surface area contributed by atoms with Crippen LogP contribution in [0.3, 0.4) is 0 Å². The van der Waals surface area contributed by atoms with Crippen molar-refractivity contribution in [2.24, 2.45) is 0 Å². The number of benzene rings is 4. The molecule has 2 heterocycles. The minimum atomic E-state index is -0.347. The molecule has 0 aromatic heterocycles. The zero-order valence-corrected chi connectivity index (χ0v) is 27.5. The number of para-hydroxylation sites is 2. The average Bonchev–Trinajstić information content (AvgIpc) is 3.42. The average molecular weight is 626 g/mol. The van der Waals surface area contributed by atoms with Crippen LogP contribution >= 0.6 is 0 Å². The lowest BCUT2D eigenvalue weighted by Gasteiger charge is -2.26. The van der Waals surface area contributed by atoms with Gasteiger partial charge < -0.3 is 14.4 Å². The second-order valence-corrected chi connectivity index (χ2v) is 13.0. The molecule has 6 nitrogen and oxygen atoms in total. The van der Waals surface area contributed by atoms with Crippen molar-refractivity contribution in [1.82, 2.24) is 0 Å². The first kappa shape index (κ1) is 31.7. The van der Waals surface area contributed by atoms with Gasteiger partial charge in [-0.25, -0.2) is 4.79 Å². The van der Waals surface area contributed by atoms with Gasteiger partial charge in [0.2, 0.25) is 12.2 Å². The van der Waals surface area contributed by atoms with Gasteiger partial charge in [0.15, 0.2) is 5.71 Å². The Hall–Kier alpha value is -5.23. The fourth-order valence-corrected chi connectivity index (χ4v) is 6.68. The Morgan fingerprint density at radius 1 is 0.681 bits per heavy atom. The van der Waals surface area contributed by atoms with Crippen LogP contribution in [0.25, 0.3) is 0 Å². The van der Waals surface area contributed by atoms with E-state index in [4.69, 9.17) is 9.47 Å². The van der Waals surface area contributed by atoms with E-state index in [9.17, 15) is 9.59 Å². The molecule has 2 aliphatic rings. The summed E-state index contributed by atoms with van der Waals surface area (Å²) in [6.45, 7) is 9.37. The van der Waals surface area contributed by atoms with Crippen molar-refractivity contribution >= 4 is 29.0 Å². The number of esters is 2. The second kappa shape index (κ2) is 13.2. The molecule has 0 saturated heterocycles. The van der Waals surface area contributed by atoms with E-state index in [1.54, 1.807) is 0 Å². The lowest BCUT2D eigenvalue weighted by molar-refractivity contribution is -0.428. The maximum absolute atomic E-state index is 13.2. The van der Waals surface area contributed by atoms with E-state index in [0.29, 0.717) is 0 Å². The molecule has 4 aromatic rings. The number of allylic oxidation sites excluding steroid dienone is 4. The predicted octanol–water partition coefficient (Wildman–Crippen LogP) is 7.79. The van der Waals surface area contributed by atoms with Crippen molar-refractivity contribution in [3.8, 4) is 0 Å². The van der Waals surface area contributed by atoms with Gasteiger partial charge in [-0.1, -0.05) is 117 Å². The van der Waals surface area contributed by atoms with Gasteiger partial charge in [-0.2, -0.15) is 4.58 Å². The number of hydrogen-bond donors (Lipinski definition) is 0. The zero-order chi connectivity index (χ0) is 33.0. The predicted molar refractivity (Wildman–Crippen MR) is 186 cm³/mol. The van der Waals surface area contributed by atoms with Crippen LogP contribution in [0, 0.1) is 0 Å². The van der Waals surface area contributed by atoms with Crippen molar-refractivity contribution < 1.29 is 23.6 Å². The Morgan fingerprint density at radius 3 is 1.89 bits per heavy atom. The van der Waals surface area contributed by atoms with Crippen LogP contribution in [-0.4, -0.2) is 35.3 Å². The van der Waals surface area contributed by atoms with Crippen molar-refractivity contribution in [3.05, 3.63) is 155 Å². The van der Waals surface area contributed by atoms with Gasteiger partial charge in [0.1, 0.15) is 19.8 Å². The molecule has 0 N–H and O–H groups in total. The Bertz CT molecular complexity index is 1870. The van der Waals surface area contributed by atoms with Gasteiger partial charge in [0.05, 0.1) is 5.41 Å². The highest BCUT2D eigenvalue weighted by atomic mass is 16.5. The summed E-state index contributed by atoms with van der Waals surface area (Å²) in [7, 11) is 0. The molecule has 238 valence electrons. The van der Waals surface area contributed by atoms with Gasteiger partial charge in [0, 0.05) is 34.5 Å². The molecule has 2 aliphatic heterocycles. The second-order valence-electron chi connectivity index (χ2n) is 13.0. The fraction of sp³-hybridized carbons (Fsp3) is 0.244. The van der Waals surface area contributed by atoms with E-state index in [1.165, 1.54) is 0 Å². The molecule has 6 heteroatoms. The van der Waals surface area contributed by atoms with E-state index in [-0.39, 0.29) is 49.1 Å². The molecule has 0 radical (unpaired) electrons. The summed E-state index contributed by atoms with van der Waals surface area (Å²) < 4.78 is 13.4. The quantitative estimate of drug-likeness (QED) is 0.133. The number of rotatable bonds is 10. The van der Waals surface area contributed by atoms with Crippen LogP contribution < -0.4 is 4.90 Å². The third kappa shape index (κ3) is 6.54. The van der Waals surface area contributed by atoms with E-state index < -0.39 is 0 Å². The number of hydrogen-bond acceptors (Lipinski definition) is 5. The van der Waals surface area contributed by atoms with E-state index >= 15 is 0 Å². The van der Waals surface area contributed by atoms with Gasteiger partial charge in [-0.3, -0.25) is 4.79 Å². The van der Waals surface area contributed by atoms with Crippen molar-refractivity contribution in [2.45, 2.75) is 51.7 Å². The first-order chi connectivity index (χ1) is 22.7. The molecule has 0 fully saturated rings.